The fraction of sp³-hybridized carbons (Fsp3) is 0.280. The molecule has 182 valence electrons. The summed E-state index contributed by atoms with van der Waals surface area (Å²) in [6, 6.07) is 9.53. The molecule has 6 rings (SSSR count). The summed E-state index contributed by atoms with van der Waals surface area (Å²) in [5.41, 5.74) is 7.55. The van der Waals surface area contributed by atoms with E-state index in [1.807, 2.05) is 24.3 Å². The highest BCUT2D eigenvalue weighted by Gasteiger charge is 2.48. The third-order valence-corrected chi connectivity index (χ3v) is 7.41. The predicted octanol–water partition coefficient (Wildman–Crippen LogP) is 3.71. The molecule has 10 nitrogen and oxygen atoms in total. The molecule has 11 heteroatoms. The number of carbonyl (C=O) groups excluding carboxylic acids is 1. The van der Waals surface area contributed by atoms with Crippen LogP contribution in [0.3, 0.4) is 0 Å². The summed E-state index contributed by atoms with van der Waals surface area (Å²) in [7, 11) is 0. The summed E-state index contributed by atoms with van der Waals surface area (Å²) in [4.78, 5) is 36.6. The zero-order chi connectivity index (χ0) is 24.7. The van der Waals surface area contributed by atoms with Crippen molar-refractivity contribution in [1.82, 2.24) is 24.9 Å². The minimum atomic E-state index is -0.437. The largest absolute Gasteiger partial charge is 0.485 e. The maximum atomic E-state index is 12.5. The third kappa shape index (κ3) is 3.99. The predicted molar refractivity (Wildman–Crippen MR) is 132 cm³/mol. The highest BCUT2D eigenvalue weighted by atomic mass is 32.2. The summed E-state index contributed by atoms with van der Waals surface area (Å²) in [6.45, 7) is 2.83. The van der Waals surface area contributed by atoms with Crippen LogP contribution >= 0.6 is 11.8 Å². The number of fused-ring (bicyclic) bond motifs is 1. The average molecular weight is 502 g/mol. The SMILES string of the molecule is CC(=O)c1nc(Sc2ccnc(-c3ncco3)n2)cnc1N1CCC2(CC1)Oc1ccccc1[C@H]2N. The van der Waals surface area contributed by atoms with Crippen molar-refractivity contribution >= 4 is 23.4 Å². The number of piperidine rings is 1. The summed E-state index contributed by atoms with van der Waals surface area (Å²) < 4.78 is 11.6. The number of aromatic nitrogens is 5. The highest BCUT2D eigenvalue weighted by Crippen LogP contribution is 2.47. The lowest BCUT2D eigenvalue weighted by molar-refractivity contribution is 0.0430. The van der Waals surface area contributed by atoms with Crippen molar-refractivity contribution in [3.05, 3.63) is 66.4 Å². The van der Waals surface area contributed by atoms with Gasteiger partial charge in [-0.25, -0.2) is 24.9 Å². The Bertz CT molecular complexity index is 1420. The van der Waals surface area contributed by atoms with E-state index in [0.29, 0.717) is 46.4 Å². The maximum Gasteiger partial charge on any atom is 0.264 e. The van der Waals surface area contributed by atoms with E-state index in [0.717, 1.165) is 24.2 Å². The number of ketones is 1. The molecule has 1 saturated heterocycles. The lowest BCUT2D eigenvalue weighted by atomic mass is 9.83. The molecule has 1 atom stereocenters. The summed E-state index contributed by atoms with van der Waals surface area (Å²) in [5, 5.41) is 1.20. The number of benzene rings is 1. The van der Waals surface area contributed by atoms with E-state index in [4.69, 9.17) is 14.9 Å². The molecule has 4 aromatic rings. The molecular weight excluding hydrogens is 478 g/mol. The number of nitrogens with zero attached hydrogens (tertiary/aromatic N) is 6. The summed E-state index contributed by atoms with van der Waals surface area (Å²) in [5.74, 6) is 2.00. The van der Waals surface area contributed by atoms with Gasteiger partial charge in [-0.2, -0.15) is 0 Å². The Kier molecular flexibility index (Phi) is 5.65. The first kappa shape index (κ1) is 22.6. The number of hydrogen-bond donors (Lipinski definition) is 1. The Labute approximate surface area is 211 Å². The topological polar surface area (TPSA) is 133 Å². The number of para-hydroxylation sites is 1. The van der Waals surface area contributed by atoms with E-state index in [1.54, 1.807) is 18.5 Å². The Hall–Kier alpha value is -3.83. The second-order valence-corrected chi connectivity index (χ2v) is 9.80. The lowest BCUT2D eigenvalue weighted by Gasteiger charge is -2.41. The van der Waals surface area contributed by atoms with Crippen LogP contribution < -0.4 is 15.4 Å². The van der Waals surface area contributed by atoms with Gasteiger partial charge in [0.1, 0.15) is 33.4 Å². The fourth-order valence-electron chi connectivity index (χ4n) is 4.73. The Balaban J connectivity index is 1.20. The number of nitrogens with two attached hydrogens (primary N) is 1. The molecule has 1 fully saturated rings. The normalized spacial score (nSPS) is 18.2. The number of rotatable bonds is 5. The molecule has 2 aliphatic heterocycles. The minimum absolute atomic E-state index is 0.148. The van der Waals surface area contributed by atoms with E-state index in [2.05, 4.69) is 29.8 Å². The Morgan fingerprint density at radius 1 is 1.08 bits per heavy atom. The molecule has 0 aliphatic carbocycles. The number of carbonyl (C=O) groups is 1. The molecule has 0 saturated carbocycles. The zero-order valence-electron chi connectivity index (χ0n) is 19.5. The smallest absolute Gasteiger partial charge is 0.264 e. The van der Waals surface area contributed by atoms with E-state index < -0.39 is 5.60 Å². The first-order valence-corrected chi connectivity index (χ1v) is 12.4. The van der Waals surface area contributed by atoms with Crippen molar-refractivity contribution in [3.63, 3.8) is 0 Å². The van der Waals surface area contributed by atoms with Crippen LogP contribution in [0.25, 0.3) is 11.7 Å². The van der Waals surface area contributed by atoms with E-state index in [9.17, 15) is 4.79 Å². The monoisotopic (exact) mass is 501 g/mol. The van der Waals surface area contributed by atoms with Crippen molar-refractivity contribution in [2.45, 2.75) is 41.5 Å². The van der Waals surface area contributed by atoms with Crippen molar-refractivity contribution in [2.24, 2.45) is 5.73 Å². The van der Waals surface area contributed by atoms with Crippen LogP contribution in [0.4, 0.5) is 5.82 Å². The van der Waals surface area contributed by atoms with E-state index >= 15 is 0 Å². The van der Waals surface area contributed by atoms with Gasteiger partial charge in [0, 0.05) is 44.6 Å². The molecule has 0 radical (unpaired) electrons. The molecule has 3 aromatic heterocycles. The number of Topliss-reactive ketones (excluding diaryl/α,β-unsaturated/α-hetero) is 1. The van der Waals surface area contributed by atoms with Gasteiger partial charge in [-0.15, -0.1) is 0 Å². The first-order valence-electron chi connectivity index (χ1n) is 11.6. The second-order valence-electron chi connectivity index (χ2n) is 8.76. The van der Waals surface area contributed by atoms with Gasteiger partial charge in [-0.05, 0) is 23.9 Å². The van der Waals surface area contributed by atoms with Gasteiger partial charge in [0.15, 0.2) is 11.6 Å². The van der Waals surface area contributed by atoms with Crippen molar-refractivity contribution in [3.8, 4) is 17.5 Å². The highest BCUT2D eigenvalue weighted by molar-refractivity contribution is 7.99. The molecule has 1 spiro atoms. The van der Waals surface area contributed by atoms with Crippen LogP contribution in [0, 0.1) is 0 Å². The number of hydrogen-bond acceptors (Lipinski definition) is 11. The number of ether oxygens (including phenoxy) is 1. The van der Waals surface area contributed by atoms with Crippen molar-refractivity contribution in [1.29, 1.82) is 0 Å². The van der Waals surface area contributed by atoms with Crippen molar-refractivity contribution < 1.29 is 13.9 Å². The van der Waals surface area contributed by atoms with Crippen LogP contribution in [0.5, 0.6) is 5.75 Å². The van der Waals surface area contributed by atoms with Gasteiger partial charge in [-0.1, -0.05) is 18.2 Å². The van der Waals surface area contributed by atoms with Gasteiger partial charge in [0.05, 0.1) is 18.4 Å². The first-order chi connectivity index (χ1) is 17.5. The van der Waals surface area contributed by atoms with Gasteiger partial charge in [0.25, 0.3) is 5.89 Å². The van der Waals surface area contributed by atoms with Gasteiger partial charge >= 0.3 is 0 Å². The van der Waals surface area contributed by atoms with Crippen LogP contribution in [0.2, 0.25) is 0 Å². The lowest BCUT2D eigenvalue weighted by Crippen LogP contribution is -2.51. The van der Waals surface area contributed by atoms with Crippen LogP contribution in [-0.2, 0) is 0 Å². The molecule has 0 bridgehead atoms. The number of anilines is 1. The van der Waals surface area contributed by atoms with Gasteiger partial charge < -0.3 is 19.8 Å². The zero-order valence-corrected chi connectivity index (χ0v) is 20.3. The third-order valence-electron chi connectivity index (χ3n) is 6.57. The summed E-state index contributed by atoms with van der Waals surface area (Å²) in [6.07, 6.45) is 7.74. The van der Waals surface area contributed by atoms with Crippen LogP contribution in [0.15, 0.2) is 69.7 Å². The Morgan fingerprint density at radius 2 is 1.92 bits per heavy atom. The van der Waals surface area contributed by atoms with Gasteiger partial charge in [-0.3, -0.25) is 4.79 Å². The fourth-order valence-corrected chi connectivity index (χ4v) is 5.45. The molecule has 1 aromatic carbocycles. The van der Waals surface area contributed by atoms with Gasteiger partial charge in [0.2, 0.25) is 5.82 Å². The molecule has 0 unspecified atom stereocenters. The molecule has 5 heterocycles. The van der Waals surface area contributed by atoms with E-state index in [1.165, 1.54) is 31.1 Å². The average Bonchev–Trinajstić information content (AvgIpc) is 3.53. The second kappa shape index (κ2) is 8.99. The molecule has 36 heavy (non-hydrogen) atoms. The molecule has 2 N–H and O–H groups in total. The van der Waals surface area contributed by atoms with Crippen LogP contribution in [0.1, 0.15) is 41.9 Å². The molecule has 2 aliphatic rings. The van der Waals surface area contributed by atoms with E-state index in [-0.39, 0.29) is 11.8 Å². The maximum absolute atomic E-state index is 12.5. The van der Waals surface area contributed by atoms with Crippen molar-refractivity contribution in [2.75, 3.05) is 18.0 Å². The number of oxazole rings is 1. The molecule has 0 amide bonds. The minimum Gasteiger partial charge on any atom is -0.485 e. The quantitative estimate of drug-likeness (QED) is 0.317. The van der Waals surface area contributed by atoms with Crippen LogP contribution in [-0.4, -0.2) is 49.4 Å². The standard InChI is InChI=1S/C25H23N7O3S/c1-15(33)20-23(32-11-7-25(8-12-32)21(26)16-4-2-3-5-17(16)35-25)29-14-19(30-20)36-18-6-9-27-22(31-18)24-28-10-13-34-24/h2-6,9-10,13-14,21H,7-8,11-12,26H2,1H3/t21-/m1/s1. The summed E-state index contributed by atoms with van der Waals surface area (Å²) >= 11 is 1.29. The Morgan fingerprint density at radius 3 is 2.67 bits per heavy atom. The molecular formula is C25H23N7O3S.